The van der Waals surface area contributed by atoms with Crippen LogP contribution in [0.3, 0.4) is 0 Å². The van der Waals surface area contributed by atoms with E-state index in [9.17, 15) is 9.59 Å². The highest BCUT2D eigenvalue weighted by Gasteiger charge is 2.16. The van der Waals surface area contributed by atoms with E-state index in [0.29, 0.717) is 22.2 Å². The van der Waals surface area contributed by atoms with Crippen LogP contribution in [0.15, 0.2) is 41.3 Å². The molecule has 130 valence electrons. The molecule has 1 aromatic carbocycles. The maximum absolute atomic E-state index is 12.4. The molecule has 0 saturated heterocycles. The first-order valence-corrected chi connectivity index (χ1v) is 8.00. The average molecular weight is 349 g/mol. The van der Waals surface area contributed by atoms with Gasteiger partial charge in [0.2, 0.25) is 5.78 Å². The number of rotatable bonds is 3. The van der Waals surface area contributed by atoms with Crippen molar-refractivity contribution < 1.29 is 9.53 Å². The van der Waals surface area contributed by atoms with Crippen molar-refractivity contribution in [2.75, 3.05) is 0 Å². The molecule has 0 spiro atoms. The third-order valence-electron chi connectivity index (χ3n) is 4.05. The number of imidazole rings is 1. The molecular weight excluding hydrogens is 334 g/mol. The first kappa shape index (κ1) is 15.9. The summed E-state index contributed by atoms with van der Waals surface area (Å²) in [6.07, 6.45) is 1.78. The maximum atomic E-state index is 12.4. The minimum absolute atomic E-state index is 0.0180. The van der Waals surface area contributed by atoms with Crippen LogP contribution in [-0.2, 0) is 11.3 Å². The molecule has 3 aromatic heterocycles. The maximum Gasteiger partial charge on any atom is 0.359 e. The van der Waals surface area contributed by atoms with Crippen molar-refractivity contribution in [3.05, 3.63) is 69.7 Å². The number of ether oxygens (including phenoxy) is 1. The lowest BCUT2D eigenvalue weighted by Crippen LogP contribution is -2.16. The van der Waals surface area contributed by atoms with Crippen LogP contribution in [-0.4, -0.2) is 30.5 Å². The zero-order chi connectivity index (χ0) is 18.3. The summed E-state index contributed by atoms with van der Waals surface area (Å²) in [7, 11) is 0. The smallest absolute Gasteiger partial charge is 0.359 e. The van der Waals surface area contributed by atoms with E-state index in [0.717, 1.165) is 11.4 Å². The first-order valence-electron chi connectivity index (χ1n) is 8.00. The Morgan fingerprint density at radius 1 is 1.19 bits per heavy atom. The number of hydrogen-bond acceptors (Lipinski definition) is 6. The first-order chi connectivity index (χ1) is 12.5. The molecule has 4 rings (SSSR count). The van der Waals surface area contributed by atoms with Crippen LogP contribution in [0, 0.1) is 13.8 Å². The lowest BCUT2D eigenvalue weighted by molar-refractivity contribution is 0.0462. The van der Waals surface area contributed by atoms with E-state index in [1.165, 1.54) is 0 Å². The molecule has 1 N–H and O–H groups in total. The van der Waals surface area contributed by atoms with E-state index in [-0.39, 0.29) is 17.9 Å². The molecule has 0 unspecified atom stereocenters. The number of fused-ring (bicyclic) bond motifs is 2. The molecule has 8 nitrogen and oxygen atoms in total. The van der Waals surface area contributed by atoms with E-state index >= 15 is 0 Å². The molecular formula is C18H15N5O3. The van der Waals surface area contributed by atoms with Crippen molar-refractivity contribution in [2.24, 2.45) is 0 Å². The van der Waals surface area contributed by atoms with E-state index in [4.69, 9.17) is 4.74 Å². The van der Waals surface area contributed by atoms with Gasteiger partial charge >= 0.3 is 5.97 Å². The highest BCUT2D eigenvalue weighted by molar-refractivity contribution is 6.01. The third kappa shape index (κ3) is 2.71. The van der Waals surface area contributed by atoms with Gasteiger partial charge in [-0.1, -0.05) is 18.2 Å². The number of nitrogens with one attached hydrogen (secondary N) is 1. The Bertz CT molecular complexity index is 1210. The number of esters is 1. The van der Waals surface area contributed by atoms with Crippen LogP contribution in [0.5, 0.6) is 0 Å². The molecule has 0 amide bonds. The fourth-order valence-electron chi connectivity index (χ4n) is 2.87. The number of aromatic nitrogens is 5. The highest BCUT2D eigenvalue weighted by Crippen LogP contribution is 2.15. The molecule has 8 heteroatoms. The molecule has 0 aliphatic carbocycles. The number of benzene rings is 1. The Morgan fingerprint density at radius 2 is 1.96 bits per heavy atom. The topological polar surface area (TPSA) is 102 Å². The molecule has 0 atom stereocenters. The molecule has 0 aliphatic heterocycles. The minimum atomic E-state index is -0.629. The van der Waals surface area contributed by atoms with Crippen LogP contribution in [0.25, 0.3) is 16.6 Å². The largest absolute Gasteiger partial charge is 0.454 e. The van der Waals surface area contributed by atoms with Crippen LogP contribution in [0.2, 0.25) is 0 Å². The minimum Gasteiger partial charge on any atom is -0.454 e. The monoisotopic (exact) mass is 349 g/mol. The van der Waals surface area contributed by atoms with Gasteiger partial charge in [0.1, 0.15) is 6.61 Å². The van der Waals surface area contributed by atoms with Gasteiger partial charge in [-0.05, 0) is 26.0 Å². The van der Waals surface area contributed by atoms with Gasteiger partial charge in [-0.25, -0.2) is 19.9 Å². The zero-order valence-electron chi connectivity index (χ0n) is 14.2. The molecule has 0 bridgehead atoms. The van der Waals surface area contributed by atoms with Crippen molar-refractivity contribution >= 4 is 22.5 Å². The van der Waals surface area contributed by atoms with Crippen LogP contribution >= 0.6 is 0 Å². The van der Waals surface area contributed by atoms with Gasteiger partial charge in [-0.2, -0.15) is 5.10 Å². The number of H-pyrrole nitrogens is 1. The van der Waals surface area contributed by atoms with Crippen molar-refractivity contribution in [3.8, 4) is 0 Å². The summed E-state index contributed by atoms with van der Waals surface area (Å²) in [5.74, 6) is -0.0727. The standard InChI is InChI=1S/C18H15N5O3/c1-10-7-11(2)23-8-12(20-18(23)19-10)9-26-17(25)15-13-5-3-4-6-14(13)16(24)22-21-15/h3-8H,9H2,1-2H3,(H,22,24). The normalized spacial score (nSPS) is 11.2. The van der Waals surface area contributed by atoms with Crippen LogP contribution in [0.4, 0.5) is 0 Å². The van der Waals surface area contributed by atoms with E-state index in [1.807, 2.05) is 24.3 Å². The Morgan fingerprint density at radius 3 is 2.77 bits per heavy atom. The van der Waals surface area contributed by atoms with Gasteiger partial charge in [0.25, 0.3) is 5.56 Å². The van der Waals surface area contributed by atoms with Gasteiger partial charge in [0.05, 0.1) is 11.1 Å². The summed E-state index contributed by atoms with van der Waals surface area (Å²) in [6, 6.07) is 8.70. The van der Waals surface area contributed by atoms with Crippen LogP contribution < -0.4 is 5.56 Å². The number of aromatic amines is 1. The third-order valence-corrected chi connectivity index (χ3v) is 4.05. The molecule has 26 heavy (non-hydrogen) atoms. The number of nitrogens with zero attached hydrogens (tertiary/aromatic N) is 4. The number of carbonyl (C=O) groups excluding carboxylic acids is 1. The summed E-state index contributed by atoms with van der Waals surface area (Å²) < 4.78 is 7.17. The number of aryl methyl sites for hydroxylation is 2. The fraction of sp³-hybridized carbons (Fsp3) is 0.167. The van der Waals surface area contributed by atoms with Gasteiger partial charge < -0.3 is 4.74 Å². The lowest BCUT2D eigenvalue weighted by Gasteiger charge is -2.04. The molecule has 4 aromatic rings. The van der Waals surface area contributed by atoms with E-state index in [1.54, 1.807) is 30.5 Å². The predicted molar refractivity (Wildman–Crippen MR) is 93.9 cm³/mol. The second kappa shape index (κ2) is 6.07. The lowest BCUT2D eigenvalue weighted by atomic mass is 10.1. The Kier molecular flexibility index (Phi) is 3.72. The SMILES string of the molecule is Cc1cc(C)n2cc(COC(=O)c3n[nH]c(=O)c4ccccc34)nc2n1. The summed E-state index contributed by atoms with van der Waals surface area (Å²) in [6.45, 7) is 3.83. The van der Waals surface area contributed by atoms with Crippen molar-refractivity contribution in [1.29, 1.82) is 0 Å². The zero-order valence-corrected chi connectivity index (χ0v) is 14.2. The predicted octanol–water partition coefficient (Wildman–Crippen LogP) is 1.94. The Hall–Kier alpha value is -3.55. The molecule has 0 saturated carbocycles. The summed E-state index contributed by atoms with van der Waals surface area (Å²) in [5, 5.41) is 6.99. The van der Waals surface area contributed by atoms with E-state index < -0.39 is 5.97 Å². The van der Waals surface area contributed by atoms with Gasteiger partial charge in [-0.3, -0.25) is 9.20 Å². The molecule has 3 heterocycles. The van der Waals surface area contributed by atoms with Crippen molar-refractivity contribution in [2.45, 2.75) is 20.5 Å². The van der Waals surface area contributed by atoms with Crippen molar-refractivity contribution in [3.63, 3.8) is 0 Å². The number of carbonyl (C=O) groups is 1. The Labute approximate surface area is 147 Å². The van der Waals surface area contributed by atoms with Crippen molar-refractivity contribution in [1.82, 2.24) is 24.6 Å². The second-order valence-electron chi connectivity index (χ2n) is 5.96. The molecule has 0 radical (unpaired) electrons. The quantitative estimate of drug-likeness (QED) is 0.567. The summed E-state index contributed by atoms with van der Waals surface area (Å²) >= 11 is 0. The van der Waals surface area contributed by atoms with Gasteiger partial charge in [0.15, 0.2) is 5.69 Å². The van der Waals surface area contributed by atoms with Gasteiger partial charge in [-0.15, -0.1) is 0 Å². The number of hydrogen-bond donors (Lipinski definition) is 1. The fourth-order valence-corrected chi connectivity index (χ4v) is 2.87. The van der Waals surface area contributed by atoms with Gasteiger partial charge in [0, 0.05) is 23.0 Å². The molecule has 0 fully saturated rings. The average Bonchev–Trinajstić information content (AvgIpc) is 3.03. The second-order valence-corrected chi connectivity index (χ2v) is 5.96. The van der Waals surface area contributed by atoms with Crippen LogP contribution in [0.1, 0.15) is 27.6 Å². The summed E-state index contributed by atoms with van der Waals surface area (Å²) in [5.41, 5.74) is 2.15. The Balaban J connectivity index is 1.61. The summed E-state index contributed by atoms with van der Waals surface area (Å²) in [4.78, 5) is 32.9. The highest BCUT2D eigenvalue weighted by atomic mass is 16.5. The van der Waals surface area contributed by atoms with E-state index in [2.05, 4.69) is 20.2 Å². The molecule has 0 aliphatic rings.